The summed E-state index contributed by atoms with van der Waals surface area (Å²) in [5, 5.41) is 17.1. The molecule has 1 aliphatic heterocycles. The minimum absolute atomic E-state index is 0.0591. The minimum atomic E-state index is -0.433. The Morgan fingerprint density at radius 1 is 1.47 bits per heavy atom. The first-order valence-electron chi connectivity index (χ1n) is 6.06. The molecule has 2 rings (SSSR count). The van der Waals surface area contributed by atoms with Crippen molar-refractivity contribution in [3.05, 3.63) is 34.4 Å². The number of nitro groups is 1. The van der Waals surface area contributed by atoms with E-state index >= 15 is 0 Å². The molecule has 1 heterocycles. The van der Waals surface area contributed by atoms with Gasteiger partial charge in [-0.15, -0.1) is 0 Å². The molecular weight excluding hydrogens is 266 g/mol. The average Bonchev–Trinajstić information content (AvgIpc) is 2.90. The highest BCUT2D eigenvalue weighted by Gasteiger charge is 2.15. The molecule has 19 heavy (non-hydrogen) atoms. The van der Waals surface area contributed by atoms with E-state index in [1.165, 1.54) is 12.1 Å². The third-order valence-electron chi connectivity index (χ3n) is 2.85. The Kier molecular flexibility index (Phi) is 4.64. The zero-order valence-electron chi connectivity index (χ0n) is 10.3. The molecule has 0 saturated carbocycles. The first-order valence-corrected chi connectivity index (χ1v) is 6.47. The summed E-state index contributed by atoms with van der Waals surface area (Å²) in [5.74, 6) is 0. The molecule has 0 bridgehead atoms. The van der Waals surface area contributed by atoms with Crippen LogP contribution in [0.3, 0.4) is 0 Å². The molecule has 102 valence electrons. The van der Waals surface area contributed by atoms with Crippen LogP contribution in [-0.2, 0) is 4.74 Å². The molecule has 0 aromatic heterocycles. The van der Waals surface area contributed by atoms with Crippen molar-refractivity contribution in [1.29, 1.82) is 0 Å². The van der Waals surface area contributed by atoms with E-state index in [1.54, 1.807) is 12.1 Å². The van der Waals surface area contributed by atoms with Gasteiger partial charge in [-0.25, -0.2) is 0 Å². The molecule has 2 N–H and O–H groups in total. The van der Waals surface area contributed by atoms with Gasteiger partial charge in [0.05, 0.1) is 11.0 Å². The van der Waals surface area contributed by atoms with E-state index in [4.69, 9.17) is 17.0 Å². The molecule has 1 atom stereocenters. The van der Waals surface area contributed by atoms with Crippen LogP contribution in [0, 0.1) is 10.1 Å². The Morgan fingerprint density at radius 3 is 2.79 bits per heavy atom. The van der Waals surface area contributed by atoms with E-state index in [0.717, 1.165) is 25.1 Å². The Balaban J connectivity index is 1.79. The Hall–Kier alpha value is -1.73. The summed E-state index contributed by atoms with van der Waals surface area (Å²) in [6, 6.07) is 6.12. The normalized spacial score (nSPS) is 18.0. The second kappa shape index (κ2) is 6.44. The van der Waals surface area contributed by atoms with Crippen LogP contribution in [0.2, 0.25) is 0 Å². The second-order valence-corrected chi connectivity index (χ2v) is 4.68. The van der Waals surface area contributed by atoms with Gasteiger partial charge in [0.15, 0.2) is 5.11 Å². The number of ether oxygens (including phenoxy) is 1. The van der Waals surface area contributed by atoms with Crippen molar-refractivity contribution in [3.8, 4) is 0 Å². The third-order valence-corrected chi connectivity index (χ3v) is 3.10. The number of nitrogens with zero attached hydrogens (tertiary/aromatic N) is 1. The zero-order chi connectivity index (χ0) is 13.7. The number of nitro benzene ring substituents is 1. The van der Waals surface area contributed by atoms with Crippen LogP contribution < -0.4 is 10.6 Å². The van der Waals surface area contributed by atoms with Crippen molar-refractivity contribution in [1.82, 2.24) is 5.32 Å². The Labute approximate surface area is 116 Å². The van der Waals surface area contributed by atoms with Gasteiger partial charge in [0.2, 0.25) is 0 Å². The lowest BCUT2D eigenvalue weighted by Crippen LogP contribution is -2.34. The number of hydrogen-bond acceptors (Lipinski definition) is 4. The number of rotatable bonds is 4. The highest BCUT2D eigenvalue weighted by atomic mass is 32.1. The maximum Gasteiger partial charge on any atom is 0.269 e. The predicted octanol–water partition coefficient (Wildman–Crippen LogP) is 2.06. The molecule has 7 heteroatoms. The summed E-state index contributed by atoms with van der Waals surface area (Å²) in [6.07, 6.45) is 2.36. The van der Waals surface area contributed by atoms with Gasteiger partial charge in [-0.1, -0.05) is 0 Å². The van der Waals surface area contributed by atoms with Crippen LogP contribution in [0.5, 0.6) is 0 Å². The monoisotopic (exact) mass is 281 g/mol. The van der Waals surface area contributed by atoms with E-state index in [-0.39, 0.29) is 11.8 Å². The van der Waals surface area contributed by atoms with Gasteiger partial charge in [0.1, 0.15) is 0 Å². The highest BCUT2D eigenvalue weighted by Crippen LogP contribution is 2.15. The highest BCUT2D eigenvalue weighted by molar-refractivity contribution is 7.80. The molecule has 1 aromatic carbocycles. The van der Waals surface area contributed by atoms with Gasteiger partial charge < -0.3 is 15.4 Å². The lowest BCUT2D eigenvalue weighted by Gasteiger charge is -2.13. The van der Waals surface area contributed by atoms with Gasteiger partial charge in [0, 0.05) is 31.0 Å². The molecular formula is C12H15N3O3S. The smallest absolute Gasteiger partial charge is 0.269 e. The number of thiocarbonyl (C=S) groups is 1. The van der Waals surface area contributed by atoms with Crippen molar-refractivity contribution in [2.24, 2.45) is 0 Å². The quantitative estimate of drug-likeness (QED) is 0.500. The van der Waals surface area contributed by atoms with E-state index in [1.807, 2.05) is 0 Å². The summed E-state index contributed by atoms with van der Waals surface area (Å²) in [4.78, 5) is 10.1. The third kappa shape index (κ3) is 4.15. The first kappa shape index (κ1) is 13.7. The number of non-ortho nitro benzene ring substituents is 1. The van der Waals surface area contributed by atoms with Crippen LogP contribution in [0.4, 0.5) is 11.4 Å². The van der Waals surface area contributed by atoms with Crippen LogP contribution in [0.15, 0.2) is 24.3 Å². The van der Waals surface area contributed by atoms with Crippen LogP contribution >= 0.6 is 12.2 Å². The van der Waals surface area contributed by atoms with Crippen molar-refractivity contribution in [2.75, 3.05) is 18.5 Å². The van der Waals surface area contributed by atoms with Crippen molar-refractivity contribution in [3.63, 3.8) is 0 Å². The van der Waals surface area contributed by atoms with E-state index in [2.05, 4.69) is 10.6 Å². The van der Waals surface area contributed by atoms with Gasteiger partial charge in [-0.05, 0) is 37.2 Å². The first-order chi connectivity index (χ1) is 9.15. The predicted molar refractivity (Wildman–Crippen MR) is 76.3 cm³/mol. The summed E-state index contributed by atoms with van der Waals surface area (Å²) in [7, 11) is 0. The number of anilines is 1. The molecule has 1 fully saturated rings. The fraction of sp³-hybridized carbons (Fsp3) is 0.417. The largest absolute Gasteiger partial charge is 0.376 e. The molecule has 0 amide bonds. The van der Waals surface area contributed by atoms with Crippen LogP contribution in [0.25, 0.3) is 0 Å². The number of nitrogens with one attached hydrogen (secondary N) is 2. The van der Waals surface area contributed by atoms with Crippen molar-refractivity contribution in [2.45, 2.75) is 18.9 Å². The lowest BCUT2D eigenvalue weighted by molar-refractivity contribution is -0.384. The number of benzene rings is 1. The van der Waals surface area contributed by atoms with Crippen molar-refractivity contribution < 1.29 is 9.66 Å². The topological polar surface area (TPSA) is 76.4 Å². The fourth-order valence-electron chi connectivity index (χ4n) is 1.85. The molecule has 0 aliphatic carbocycles. The van der Waals surface area contributed by atoms with Gasteiger partial charge in [0.25, 0.3) is 5.69 Å². The van der Waals surface area contributed by atoms with E-state index in [0.29, 0.717) is 11.7 Å². The van der Waals surface area contributed by atoms with Crippen LogP contribution in [-0.4, -0.2) is 29.3 Å². The molecule has 0 spiro atoms. The average molecular weight is 281 g/mol. The van der Waals surface area contributed by atoms with E-state index < -0.39 is 4.92 Å². The van der Waals surface area contributed by atoms with Gasteiger partial charge >= 0.3 is 0 Å². The number of hydrogen-bond donors (Lipinski definition) is 2. The van der Waals surface area contributed by atoms with Gasteiger partial charge in [-0.2, -0.15) is 0 Å². The summed E-state index contributed by atoms with van der Waals surface area (Å²) in [6.45, 7) is 1.49. The molecule has 6 nitrogen and oxygen atoms in total. The second-order valence-electron chi connectivity index (χ2n) is 4.27. The van der Waals surface area contributed by atoms with E-state index in [9.17, 15) is 10.1 Å². The maximum absolute atomic E-state index is 10.5. The standard InChI is InChI=1S/C12H15N3O3S/c16-15(17)10-5-3-9(4-6-10)14-12(19)13-8-11-2-1-7-18-11/h3-6,11H,1-2,7-8H2,(H2,13,14,19)/t11-/m1/s1. The SMILES string of the molecule is O=[N+]([O-])c1ccc(NC(=S)NC[C@H]2CCCO2)cc1. The fourth-order valence-corrected chi connectivity index (χ4v) is 2.05. The Bertz CT molecular complexity index is 458. The molecule has 1 aromatic rings. The van der Waals surface area contributed by atoms with Crippen LogP contribution in [0.1, 0.15) is 12.8 Å². The maximum atomic E-state index is 10.5. The molecule has 0 radical (unpaired) electrons. The van der Waals surface area contributed by atoms with Gasteiger partial charge in [-0.3, -0.25) is 10.1 Å². The molecule has 1 saturated heterocycles. The summed E-state index contributed by atoms with van der Waals surface area (Å²) >= 11 is 5.14. The Morgan fingerprint density at radius 2 is 2.21 bits per heavy atom. The summed E-state index contributed by atoms with van der Waals surface area (Å²) < 4.78 is 5.47. The summed E-state index contributed by atoms with van der Waals surface area (Å²) in [5.41, 5.74) is 0.777. The molecule has 0 unspecified atom stereocenters. The zero-order valence-corrected chi connectivity index (χ0v) is 11.1. The minimum Gasteiger partial charge on any atom is -0.376 e. The molecule has 1 aliphatic rings. The lowest BCUT2D eigenvalue weighted by atomic mass is 10.2. The van der Waals surface area contributed by atoms with Crippen molar-refractivity contribution >= 4 is 28.7 Å².